The van der Waals surface area contributed by atoms with Gasteiger partial charge in [-0.05, 0) is 31.2 Å². The molecule has 9 N–H and O–H groups in total. The zero-order chi connectivity index (χ0) is 35.5. The fourth-order valence-corrected chi connectivity index (χ4v) is 3.83. The van der Waals surface area contributed by atoms with Gasteiger partial charge in [0.05, 0.1) is 0 Å². The Labute approximate surface area is 266 Å². The van der Waals surface area contributed by atoms with Crippen LogP contribution in [0.2, 0.25) is 0 Å². The number of nitrogens with one attached hydrogen (secondary N) is 4. The van der Waals surface area contributed by atoms with Gasteiger partial charge in [-0.25, -0.2) is 24.0 Å². The molecule has 47 heavy (non-hydrogen) atoms. The highest BCUT2D eigenvalue weighted by atomic mass is 16.5. The Bertz CT molecular complexity index is 1300. The van der Waals surface area contributed by atoms with Crippen LogP contribution in [0.15, 0.2) is 30.3 Å². The lowest BCUT2D eigenvalue weighted by Crippen LogP contribution is -2.45. The van der Waals surface area contributed by atoms with E-state index >= 15 is 0 Å². The standard InChI is InChI=1S/C28H36N4O15/c33-20(29-16(24(38)39)7-11-21(34)31-18(26(42)43)9-13-23(36)37)10-6-17(25(40)41)30-22(35)12-8-19(27(44)45)32-28(46)47-14-15-4-2-1-3-5-15/h1-5,16-19H,6-14H2,(H,29,33)(H,30,35)(H,31,34)(H,32,46)(H,36,37)(H,38,39)(H,40,41)(H,42,43)(H,44,45)/t16-,17-,18-,19-/m0/s1. The van der Waals surface area contributed by atoms with Crippen molar-refractivity contribution in [2.45, 2.75) is 82.1 Å². The van der Waals surface area contributed by atoms with Crippen molar-refractivity contribution in [3.63, 3.8) is 0 Å². The Morgan fingerprint density at radius 3 is 1.19 bits per heavy atom. The molecule has 1 aromatic carbocycles. The Morgan fingerprint density at radius 2 is 0.851 bits per heavy atom. The van der Waals surface area contributed by atoms with Crippen LogP contribution in [0, 0.1) is 0 Å². The number of alkyl carbamates (subject to hydrolysis) is 1. The average molecular weight is 669 g/mol. The largest absolute Gasteiger partial charge is 0.481 e. The number of hydrogen-bond acceptors (Lipinski definition) is 10. The van der Waals surface area contributed by atoms with Gasteiger partial charge in [-0.2, -0.15) is 0 Å². The van der Waals surface area contributed by atoms with Crippen molar-refractivity contribution in [2.24, 2.45) is 0 Å². The zero-order valence-corrected chi connectivity index (χ0v) is 24.9. The number of ether oxygens (including phenoxy) is 1. The van der Waals surface area contributed by atoms with Gasteiger partial charge in [-0.3, -0.25) is 19.2 Å². The van der Waals surface area contributed by atoms with E-state index in [1.54, 1.807) is 30.3 Å². The van der Waals surface area contributed by atoms with Crippen LogP contribution >= 0.6 is 0 Å². The first kappa shape index (κ1) is 39.3. The third-order valence-electron chi connectivity index (χ3n) is 6.33. The molecule has 0 radical (unpaired) electrons. The Balaban J connectivity index is 2.58. The molecular formula is C28H36N4O15. The predicted molar refractivity (Wildman–Crippen MR) is 154 cm³/mol. The summed E-state index contributed by atoms with van der Waals surface area (Å²) in [7, 11) is 0. The van der Waals surface area contributed by atoms with Crippen molar-refractivity contribution < 1.29 is 73.4 Å². The van der Waals surface area contributed by atoms with Gasteiger partial charge in [-0.1, -0.05) is 30.3 Å². The van der Waals surface area contributed by atoms with Crippen LogP contribution in [0.3, 0.4) is 0 Å². The maximum atomic E-state index is 12.3. The second-order valence-corrected chi connectivity index (χ2v) is 10.0. The van der Waals surface area contributed by atoms with Crippen molar-refractivity contribution in [3.8, 4) is 0 Å². The molecule has 0 spiro atoms. The van der Waals surface area contributed by atoms with Gasteiger partial charge < -0.3 is 51.5 Å². The number of hydrogen-bond donors (Lipinski definition) is 9. The molecule has 0 fully saturated rings. The zero-order valence-electron chi connectivity index (χ0n) is 24.9. The van der Waals surface area contributed by atoms with Gasteiger partial charge in [0.15, 0.2) is 0 Å². The van der Waals surface area contributed by atoms with Crippen molar-refractivity contribution in [3.05, 3.63) is 35.9 Å². The van der Waals surface area contributed by atoms with Crippen LogP contribution < -0.4 is 21.3 Å². The highest BCUT2D eigenvalue weighted by Crippen LogP contribution is 2.07. The van der Waals surface area contributed by atoms with E-state index in [-0.39, 0.29) is 6.61 Å². The molecule has 258 valence electrons. The van der Waals surface area contributed by atoms with E-state index in [1.807, 2.05) is 0 Å². The van der Waals surface area contributed by atoms with E-state index in [0.717, 1.165) is 0 Å². The van der Waals surface area contributed by atoms with Crippen molar-refractivity contribution in [2.75, 3.05) is 0 Å². The van der Waals surface area contributed by atoms with Crippen molar-refractivity contribution in [1.29, 1.82) is 0 Å². The van der Waals surface area contributed by atoms with Crippen LogP contribution in [0.25, 0.3) is 0 Å². The number of amides is 4. The molecule has 0 aliphatic rings. The summed E-state index contributed by atoms with van der Waals surface area (Å²) in [6.45, 7) is -0.140. The molecule has 0 bridgehead atoms. The predicted octanol–water partition coefficient (Wildman–Crippen LogP) is -0.720. The lowest BCUT2D eigenvalue weighted by molar-refractivity contribution is -0.144. The van der Waals surface area contributed by atoms with Crippen LogP contribution in [0.1, 0.15) is 56.9 Å². The molecule has 0 aliphatic carbocycles. The molecule has 4 amide bonds. The van der Waals surface area contributed by atoms with Gasteiger partial charge >= 0.3 is 35.9 Å². The molecule has 0 aliphatic heterocycles. The smallest absolute Gasteiger partial charge is 0.408 e. The molecule has 0 heterocycles. The van der Waals surface area contributed by atoms with Crippen LogP contribution in [-0.4, -0.2) is 103 Å². The van der Waals surface area contributed by atoms with Crippen molar-refractivity contribution in [1.82, 2.24) is 21.3 Å². The molecule has 0 unspecified atom stereocenters. The number of carbonyl (C=O) groups is 9. The number of rotatable bonds is 22. The molecule has 1 aromatic rings. The highest BCUT2D eigenvalue weighted by molar-refractivity contribution is 5.88. The minimum Gasteiger partial charge on any atom is -0.481 e. The van der Waals surface area contributed by atoms with Crippen molar-refractivity contribution >= 4 is 53.7 Å². The molecule has 0 aromatic heterocycles. The van der Waals surface area contributed by atoms with Gasteiger partial charge in [0.25, 0.3) is 0 Å². The fraction of sp³-hybridized carbons (Fsp3) is 0.464. The van der Waals surface area contributed by atoms with Crippen LogP contribution in [-0.2, 0) is 49.7 Å². The molecule has 19 nitrogen and oxygen atoms in total. The summed E-state index contributed by atoms with van der Waals surface area (Å²) in [5.41, 5.74) is 0.644. The van der Waals surface area contributed by atoms with Gasteiger partial charge in [0.1, 0.15) is 30.8 Å². The quantitative estimate of drug-likeness (QED) is 0.0736. The molecule has 1 rings (SSSR count). The van der Waals surface area contributed by atoms with E-state index in [0.29, 0.717) is 5.56 Å². The third-order valence-corrected chi connectivity index (χ3v) is 6.33. The molecule has 0 saturated heterocycles. The van der Waals surface area contributed by atoms with E-state index in [2.05, 4.69) is 21.3 Å². The minimum atomic E-state index is -1.63. The highest BCUT2D eigenvalue weighted by Gasteiger charge is 2.27. The first-order valence-corrected chi connectivity index (χ1v) is 14.1. The molecular weight excluding hydrogens is 632 g/mol. The Kier molecular flexibility index (Phi) is 17.0. The first-order chi connectivity index (χ1) is 22.1. The summed E-state index contributed by atoms with van der Waals surface area (Å²) >= 11 is 0. The lowest BCUT2D eigenvalue weighted by Gasteiger charge is -2.18. The van der Waals surface area contributed by atoms with Gasteiger partial charge in [0.2, 0.25) is 17.7 Å². The lowest BCUT2D eigenvalue weighted by atomic mass is 10.1. The molecule has 19 heteroatoms. The summed E-state index contributed by atoms with van der Waals surface area (Å²) in [6, 6.07) is 2.17. The maximum absolute atomic E-state index is 12.3. The average Bonchev–Trinajstić information content (AvgIpc) is 3.00. The number of aliphatic carboxylic acids is 5. The van der Waals surface area contributed by atoms with E-state index in [1.165, 1.54) is 0 Å². The Hall–Kier alpha value is -5.75. The minimum absolute atomic E-state index is 0.140. The summed E-state index contributed by atoms with van der Waals surface area (Å²) in [5.74, 6) is -10.2. The SMILES string of the molecule is O=C(O)CC[C@H](NC(=O)CC[C@H](NC(=O)CC[C@H](NC(=O)CC[C@H](NC(=O)OCc1ccccc1)C(=O)O)C(=O)O)C(=O)O)C(=O)O. The summed E-state index contributed by atoms with van der Waals surface area (Å²) in [6.07, 6.45) is -5.13. The van der Waals surface area contributed by atoms with E-state index < -0.39 is 129 Å². The maximum Gasteiger partial charge on any atom is 0.408 e. The summed E-state index contributed by atoms with van der Waals surface area (Å²) < 4.78 is 4.95. The number of benzene rings is 1. The van der Waals surface area contributed by atoms with Crippen LogP contribution in [0.4, 0.5) is 4.79 Å². The number of carboxylic acids is 5. The van der Waals surface area contributed by atoms with Crippen LogP contribution in [0.5, 0.6) is 0 Å². The van der Waals surface area contributed by atoms with Gasteiger partial charge in [0, 0.05) is 25.7 Å². The third kappa shape index (κ3) is 16.8. The Morgan fingerprint density at radius 1 is 0.511 bits per heavy atom. The molecule has 0 saturated carbocycles. The topological polar surface area (TPSA) is 312 Å². The monoisotopic (exact) mass is 668 g/mol. The number of carboxylic acid groups (broad SMARTS) is 5. The fourth-order valence-electron chi connectivity index (χ4n) is 3.83. The summed E-state index contributed by atoms with van der Waals surface area (Å²) in [4.78, 5) is 105. The second kappa shape index (κ2) is 20.3. The first-order valence-electron chi connectivity index (χ1n) is 14.1. The number of carbonyl (C=O) groups excluding carboxylic acids is 4. The summed E-state index contributed by atoms with van der Waals surface area (Å²) in [5, 5.41) is 54.3. The second-order valence-electron chi connectivity index (χ2n) is 10.0. The van der Waals surface area contributed by atoms with Gasteiger partial charge in [-0.15, -0.1) is 0 Å². The van der Waals surface area contributed by atoms with E-state index in [9.17, 15) is 58.5 Å². The van der Waals surface area contributed by atoms with E-state index in [4.69, 9.17) is 14.9 Å². The molecule has 4 atom stereocenters. The normalized spacial score (nSPS) is 13.0.